The molecule has 1 aromatic heterocycles. The van der Waals surface area contributed by atoms with Gasteiger partial charge in [0.05, 0.1) is 5.92 Å². The van der Waals surface area contributed by atoms with Gasteiger partial charge in [0.15, 0.2) is 5.76 Å². The van der Waals surface area contributed by atoms with Crippen molar-refractivity contribution in [3.63, 3.8) is 0 Å². The molecule has 3 rings (SSSR count). The first-order valence-electron chi connectivity index (χ1n) is 6.77. The molecule has 0 amide bonds. The lowest BCUT2D eigenvalue weighted by Crippen LogP contribution is -2.26. The van der Waals surface area contributed by atoms with Crippen LogP contribution in [0.1, 0.15) is 23.0 Å². The molecule has 0 radical (unpaired) electrons. The highest BCUT2D eigenvalue weighted by molar-refractivity contribution is 5.52. The molecule has 1 aromatic carbocycles. The zero-order valence-corrected chi connectivity index (χ0v) is 12.0. The fraction of sp³-hybridized carbons (Fsp3) is 0.125. The largest absolute Gasteiger partial charge is 0.458 e. The minimum atomic E-state index is -1.40. The Hall–Kier alpha value is -3.18. The summed E-state index contributed by atoms with van der Waals surface area (Å²) in [4.78, 5) is 12.1. The first-order chi connectivity index (χ1) is 11.5. The Morgan fingerprint density at radius 2 is 2.00 bits per heavy atom. The van der Waals surface area contributed by atoms with Crippen molar-refractivity contribution >= 4 is 0 Å². The van der Waals surface area contributed by atoms with E-state index in [1.54, 1.807) is 6.07 Å². The lowest BCUT2D eigenvalue weighted by molar-refractivity contribution is 0.231. The molecule has 1 atom stereocenters. The molecule has 1 aliphatic rings. The van der Waals surface area contributed by atoms with Crippen molar-refractivity contribution in [3.8, 4) is 11.8 Å². The molecule has 0 fully saturated rings. The van der Waals surface area contributed by atoms with Gasteiger partial charge in [-0.15, -0.1) is 0 Å². The van der Waals surface area contributed by atoms with E-state index in [0.29, 0.717) is 0 Å². The lowest BCUT2D eigenvalue weighted by Gasteiger charge is -2.25. The molecular formula is C16H10F2N2O4. The molecule has 0 saturated heterocycles. The van der Waals surface area contributed by atoms with E-state index in [9.17, 15) is 23.9 Å². The molecular weight excluding hydrogens is 322 g/mol. The zero-order valence-electron chi connectivity index (χ0n) is 12.0. The molecule has 0 aliphatic carbocycles. The number of nitrogens with zero attached hydrogens (tertiary/aromatic N) is 1. The maximum absolute atomic E-state index is 14.2. The maximum atomic E-state index is 14.2. The predicted octanol–water partition coefficient (Wildman–Crippen LogP) is 1.63. The van der Waals surface area contributed by atoms with Gasteiger partial charge in [0.1, 0.15) is 35.6 Å². The number of nitrogens with two attached hydrogens (primary N) is 1. The summed E-state index contributed by atoms with van der Waals surface area (Å²) in [5, 5.41) is 18.5. The van der Waals surface area contributed by atoms with Gasteiger partial charge in [0.2, 0.25) is 17.1 Å². The fourth-order valence-electron chi connectivity index (χ4n) is 2.54. The second-order valence-corrected chi connectivity index (χ2v) is 4.99. The van der Waals surface area contributed by atoms with E-state index in [-0.39, 0.29) is 22.8 Å². The summed E-state index contributed by atoms with van der Waals surface area (Å²) in [6.45, 7) is -0.615. The van der Waals surface area contributed by atoms with Gasteiger partial charge < -0.3 is 20.0 Å². The van der Waals surface area contributed by atoms with Gasteiger partial charge >= 0.3 is 0 Å². The Morgan fingerprint density at radius 1 is 1.33 bits per heavy atom. The van der Waals surface area contributed by atoms with Crippen LogP contribution in [0.25, 0.3) is 0 Å². The van der Waals surface area contributed by atoms with Crippen LogP contribution in [0.5, 0.6) is 5.75 Å². The zero-order chi connectivity index (χ0) is 17.4. The number of aliphatic hydroxyl groups is 1. The number of ether oxygens (including phenoxy) is 1. The van der Waals surface area contributed by atoms with Gasteiger partial charge in [-0.05, 0) is 12.1 Å². The van der Waals surface area contributed by atoms with Gasteiger partial charge in [-0.3, -0.25) is 4.79 Å². The number of hydrogen-bond acceptors (Lipinski definition) is 6. The maximum Gasteiger partial charge on any atom is 0.228 e. The number of aliphatic hydroxyl groups excluding tert-OH is 1. The molecule has 2 aromatic rings. The van der Waals surface area contributed by atoms with Crippen LogP contribution in [-0.2, 0) is 6.61 Å². The molecule has 3 N–H and O–H groups in total. The smallest absolute Gasteiger partial charge is 0.228 e. The number of nitriles is 1. The van der Waals surface area contributed by atoms with E-state index in [4.69, 9.17) is 14.9 Å². The third-order valence-corrected chi connectivity index (χ3v) is 3.57. The monoisotopic (exact) mass is 332 g/mol. The van der Waals surface area contributed by atoms with Gasteiger partial charge in [0, 0.05) is 11.6 Å². The third-order valence-electron chi connectivity index (χ3n) is 3.57. The van der Waals surface area contributed by atoms with E-state index in [0.717, 1.165) is 24.3 Å². The van der Waals surface area contributed by atoms with E-state index in [1.165, 1.54) is 0 Å². The van der Waals surface area contributed by atoms with Crippen LogP contribution in [-0.4, -0.2) is 5.11 Å². The Kier molecular flexibility index (Phi) is 3.79. The highest BCUT2D eigenvalue weighted by Gasteiger charge is 2.38. The van der Waals surface area contributed by atoms with Crippen LogP contribution in [0.4, 0.5) is 8.78 Å². The number of hydrogen-bond donors (Lipinski definition) is 2. The van der Waals surface area contributed by atoms with Crippen LogP contribution >= 0.6 is 0 Å². The normalized spacial score (nSPS) is 16.3. The summed E-state index contributed by atoms with van der Waals surface area (Å²) in [6, 6.07) is 5.87. The summed E-state index contributed by atoms with van der Waals surface area (Å²) in [7, 11) is 0. The number of halogens is 2. The highest BCUT2D eigenvalue weighted by Crippen LogP contribution is 2.42. The van der Waals surface area contributed by atoms with E-state index < -0.39 is 41.0 Å². The summed E-state index contributed by atoms with van der Waals surface area (Å²) < 4.78 is 38.9. The number of benzene rings is 1. The minimum absolute atomic E-state index is 0.137. The van der Waals surface area contributed by atoms with E-state index in [1.807, 2.05) is 0 Å². The quantitative estimate of drug-likeness (QED) is 0.865. The molecule has 0 unspecified atom stereocenters. The standard InChI is InChI=1S/C16H10F2N2O4/c17-9-2-1-3-10(18)13(9)12-8(5-19)16(20)24-14-11(22)4-7(6-21)23-15(12)14/h1-4,12,21H,6,20H2/t12-/m0/s1. The molecule has 6 nitrogen and oxygen atoms in total. The average molecular weight is 332 g/mol. The third kappa shape index (κ3) is 2.31. The first kappa shape index (κ1) is 15.7. The fourth-order valence-corrected chi connectivity index (χ4v) is 2.54. The van der Waals surface area contributed by atoms with Crippen LogP contribution in [0.2, 0.25) is 0 Å². The van der Waals surface area contributed by atoms with Crippen molar-refractivity contribution in [2.75, 3.05) is 0 Å². The summed E-state index contributed by atoms with van der Waals surface area (Å²) in [5.74, 6) is -4.53. The summed E-state index contributed by atoms with van der Waals surface area (Å²) in [5.41, 5.74) is 4.14. The van der Waals surface area contributed by atoms with Crippen molar-refractivity contribution in [1.82, 2.24) is 0 Å². The molecule has 0 bridgehead atoms. The lowest BCUT2D eigenvalue weighted by atomic mass is 9.86. The summed E-state index contributed by atoms with van der Waals surface area (Å²) >= 11 is 0. The van der Waals surface area contributed by atoms with Crippen molar-refractivity contribution in [3.05, 3.63) is 74.7 Å². The Labute approximate surface area is 134 Å². The van der Waals surface area contributed by atoms with Gasteiger partial charge in [-0.2, -0.15) is 5.26 Å². The molecule has 0 saturated carbocycles. The van der Waals surface area contributed by atoms with Gasteiger partial charge in [0.25, 0.3) is 0 Å². The van der Waals surface area contributed by atoms with Crippen LogP contribution in [0, 0.1) is 23.0 Å². The number of allylic oxidation sites excluding steroid dienone is 1. The van der Waals surface area contributed by atoms with Crippen molar-refractivity contribution in [2.24, 2.45) is 5.73 Å². The molecule has 8 heteroatoms. The van der Waals surface area contributed by atoms with E-state index in [2.05, 4.69) is 0 Å². The average Bonchev–Trinajstić information content (AvgIpc) is 2.55. The Balaban J connectivity index is 2.38. The molecule has 24 heavy (non-hydrogen) atoms. The second-order valence-electron chi connectivity index (χ2n) is 4.99. The van der Waals surface area contributed by atoms with Crippen LogP contribution in [0.3, 0.4) is 0 Å². The SMILES string of the molecule is N#CC1=C(N)Oc2c(oc(CO)cc2=O)[C@@H]1c1c(F)cccc1F. The van der Waals surface area contributed by atoms with Crippen molar-refractivity contribution < 1.29 is 23.0 Å². The molecule has 2 heterocycles. The first-order valence-corrected chi connectivity index (χ1v) is 6.77. The Morgan fingerprint density at radius 3 is 2.58 bits per heavy atom. The topological polar surface area (TPSA) is 109 Å². The summed E-state index contributed by atoms with van der Waals surface area (Å²) in [6.07, 6.45) is 0. The van der Waals surface area contributed by atoms with E-state index >= 15 is 0 Å². The molecule has 1 aliphatic heterocycles. The molecule has 0 spiro atoms. The van der Waals surface area contributed by atoms with Crippen LogP contribution in [0.15, 0.2) is 44.9 Å². The van der Waals surface area contributed by atoms with Gasteiger partial charge in [-0.25, -0.2) is 8.78 Å². The van der Waals surface area contributed by atoms with Crippen molar-refractivity contribution in [2.45, 2.75) is 12.5 Å². The number of rotatable bonds is 2. The minimum Gasteiger partial charge on any atom is -0.458 e. The second kappa shape index (κ2) is 5.79. The Bertz CT molecular complexity index is 939. The van der Waals surface area contributed by atoms with Crippen LogP contribution < -0.4 is 15.9 Å². The predicted molar refractivity (Wildman–Crippen MR) is 76.6 cm³/mol. The van der Waals surface area contributed by atoms with Crippen molar-refractivity contribution in [1.29, 1.82) is 5.26 Å². The highest BCUT2D eigenvalue weighted by atomic mass is 19.1. The number of fused-ring (bicyclic) bond motifs is 1. The van der Waals surface area contributed by atoms with Gasteiger partial charge in [-0.1, -0.05) is 6.07 Å². The molecule has 122 valence electrons.